The van der Waals surface area contributed by atoms with Gasteiger partial charge in [-0.15, -0.1) is 0 Å². The number of methoxy groups -OCH3 is 1. The van der Waals surface area contributed by atoms with E-state index in [1.807, 2.05) is 18.2 Å². The van der Waals surface area contributed by atoms with E-state index in [-0.39, 0.29) is 12.6 Å². The molecule has 1 aromatic rings. The molecule has 1 aliphatic rings. The second-order valence-electron chi connectivity index (χ2n) is 4.91. The van der Waals surface area contributed by atoms with Gasteiger partial charge < -0.3 is 20.5 Å². The van der Waals surface area contributed by atoms with Gasteiger partial charge in [-0.3, -0.25) is 0 Å². The van der Waals surface area contributed by atoms with Gasteiger partial charge in [-0.2, -0.15) is 0 Å². The summed E-state index contributed by atoms with van der Waals surface area (Å²) in [6, 6.07) is 6.13. The summed E-state index contributed by atoms with van der Waals surface area (Å²) in [5, 5.41) is 9.55. The molecule has 2 atom stereocenters. The smallest absolute Gasteiger partial charge is 0.120 e. The van der Waals surface area contributed by atoms with Gasteiger partial charge >= 0.3 is 0 Å². The molecule has 4 heteroatoms. The van der Waals surface area contributed by atoms with Crippen LogP contribution in [-0.2, 0) is 6.54 Å². The largest absolute Gasteiger partial charge is 0.497 e. The van der Waals surface area contributed by atoms with E-state index >= 15 is 0 Å². The number of hydrogen-bond acceptors (Lipinski definition) is 4. The van der Waals surface area contributed by atoms with Crippen molar-refractivity contribution < 1.29 is 9.84 Å². The first kappa shape index (κ1) is 13.2. The van der Waals surface area contributed by atoms with Gasteiger partial charge in [0.2, 0.25) is 0 Å². The molecule has 18 heavy (non-hydrogen) atoms. The third kappa shape index (κ3) is 2.31. The topological polar surface area (TPSA) is 58.7 Å². The maximum atomic E-state index is 9.55. The fraction of sp³-hybridized carbons (Fsp3) is 0.571. The molecule has 1 aromatic carbocycles. The molecule has 0 aliphatic carbocycles. The van der Waals surface area contributed by atoms with Crippen molar-refractivity contribution in [3.63, 3.8) is 0 Å². The maximum absolute atomic E-state index is 9.55. The molecule has 0 radical (unpaired) electrons. The van der Waals surface area contributed by atoms with Crippen LogP contribution in [0.3, 0.4) is 0 Å². The fourth-order valence-electron chi connectivity index (χ4n) is 2.70. The van der Waals surface area contributed by atoms with Crippen LogP contribution in [0.1, 0.15) is 18.9 Å². The van der Waals surface area contributed by atoms with E-state index in [2.05, 4.69) is 11.8 Å². The van der Waals surface area contributed by atoms with E-state index in [9.17, 15) is 5.11 Å². The average molecular weight is 250 g/mol. The van der Waals surface area contributed by atoms with E-state index in [1.54, 1.807) is 7.11 Å². The molecule has 100 valence electrons. The van der Waals surface area contributed by atoms with Crippen molar-refractivity contribution in [1.29, 1.82) is 0 Å². The Labute approximate surface area is 108 Å². The predicted molar refractivity (Wildman–Crippen MR) is 72.9 cm³/mol. The molecule has 4 nitrogen and oxygen atoms in total. The molecule has 0 bridgehead atoms. The van der Waals surface area contributed by atoms with E-state index in [0.29, 0.717) is 12.5 Å². The van der Waals surface area contributed by atoms with Crippen LogP contribution >= 0.6 is 0 Å². The fourth-order valence-corrected chi connectivity index (χ4v) is 2.70. The van der Waals surface area contributed by atoms with Gasteiger partial charge in [0.05, 0.1) is 19.8 Å². The number of aliphatic hydroxyl groups excluding tert-OH is 1. The van der Waals surface area contributed by atoms with Crippen LogP contribution in [0.15, 0.2) is 18.2 Å². The lowest BCUT2D eigenvalue weighted by molar-refractivity contribution is 0.244. The number of nitrogens with two attached hydrogens (primary N) is 1. The zero-order valence-corrected chi connectivity index (χ0v) is 11.1. The summed E-state index contributed by atoms with van der Waals surface area (Å²) in [6.45, 7) is 3.83. The molecule has 0 amide bonds. The summed E-state index contributed by atoms with van der Waals surface area (Å²) in [5.74, 6) is 1.34. The highest BCUT2D eigenvalue weighted by atomic mass is 16.5. The Kier molecular flexibility index (Phi) is 4.09. The molecule has 0 spiro atoms. The first-order valence-electron chi connectivity index (χ1n) is 6.45. The van der Waals surface area contributed by atoms with E-state index in [1.165, 1.54) is 0 Å². The van der Waals surface area contributed by atoms with Crippen LogP contribution in [0.5, 0.6) is 5.75 Å². The van der Waals surface area contributed by atoms with Crippen molar-refractivity contribution in [3.8, 4) is 5.75 Å². The summed E-state index contributed by atoms with van der Waals surface area (Å²) >= 11 is 0. The minimum absolute atomic E-state index is 0.183. The van der Waals surface area contributed by atoms with Crippen molar-refractivity contribution in [1.82, 2.24) is 0 Å². The number of anilines is 1. The zero-order chi connectivity index (χ0) is 13.1. The molecule has 1 fully saturated rings. The molecule has 3 N–H and O–H groups in total. The van der Waals surface area contributed by atoms with Gasteiger partial charge in [-0.05, 0) is 24.0 Å². The van der Waals surface area contributed by atoms with Gasteiger partial charge in [0.15, 0.2) is 0 Å². The van der Waals surface area contributed by atoms with Crippen molar-refractivity contribution in [2.45, 2.75) is 25.9 Å². The van der Waals surface area contributed by atoms with Gasteiger partial charge in [-0.25, -0.2) is 0 Å². The second-order valence-corrected chi connectivity index (χ2v) is 4.91. The number of aliphatic hydroxyl groups is 1. The van der Waals surface area contributed by atoms with Gasteiger partial charge in [0.25, 0.3) is 0 Å². The molecule has 0 aromatic heterocycles. The summed E-state index contributed by atoms with van der Waals surface area (Å²) in [4.78, 5) is 2.26. The third-order valence-electron chi connectivity index (χ3n) is 3.89. The molecule has 2 rings (SSSR count). The molecular formula is C14H22N2O2. The molecule has 1 aliphatic heterocycles. The van der Waals surface area contributed by atoms with Gasteiger partial charge in [0.1, 0.15) is 5.75 Å². The normalized spacial score (nSPS) is 23.4. The molecular weight excluding hydrogens is 228 g/mol. The highest BCUT2D eigenvalue weighted by Gasteiger charge is 2.31. The quantitative estimate of drug-likeness (QED) is 0.847. The first-order chi connectivity index (χ1) is 8.71. The molecule has 0 saturated carbocycles. The lowest BCUT2D eigenvalue weighted by atomic mass is 10.0. The van der Waals surface area contributed by atoms with Crippen molar-refractivity contribution in [2.24, 2.45) is 11.7 Å². The van der Waals surface area contributed by atoms with E-state index in [0.717, 1.165) is 30.0 Å². The SMILES string of the molecule is COc1ccc(CN)c(N2CCC(C)C2CO)c1. The highest BCUT2D eigenvalue weighted by molar-refractivity contribution is 5.58. The number of rotatable bonds is 4. The highest BCUT2D eigenvalue weighted by Crippen LogP contribution is 2.34. The summed E-state index contributed by atoms with van der Waals surface area (Å²) < 4.78 is 5.28. The van der Waals surface area contributed by atoms with Crippen molar-refractivity contribution in [3.05, 3.63) is 23.8 Å². The molecule has 1 saturated heterocycles. The van der Waals surface area contributed by atoms with Gasteiger partial charge in [0, 0.05) is 24.8 Å². The van der Waals surface area contributed by atoms with E-state index < -0.39 is 0 Å². The number of ether oxygens (including phenoxy) is 1. The third-order valence-corrected chi connectivity index (χ3v) is 3.89. The Balaban J connectivity index is 2.36. The zero-order valence-electron chi connectivity index (χ0n) is 11.1. The van der Waals surface area contributed by atoms with Gasteiger partial charge in [-0.1, -0.05) is 13.0 Å². The summed E-state index contributed by atoms with van der Waals surface area (Å²) in [7, 11) is 1.66. The summed E-state index contributed by atoms with van der Waals surface area (Å²) in [5.41, 5.74) is 8.00. The van der Waals surface area contributed by atoms with Crippen molar-refractivity contribution >= 4 is 5.69 Å². The number of hydrogen-bond donors (Lipinski definition) is 2. The lowest BCUT2D eigenvalue weighted by Crippen LogP contribution is -2.36. The Morgan fingerprint density at radius 2 is 2.28 bits per heavy atom. The molecule has 2 unspecified atom stereocenters. The van der Waals surface area contributed by atoms with Crippen LogP contribution in [-0.4, -0.2) is 31.4 Å². The Morgan fingerprint density at radius 3 is 2.89 bits per heavy atom. The number of nitrogens with zero attached hydrogens (tertiary/aromatic N) is 1. The minimum atomic E-state index is 0.183. The standard InChI is InChI=1S/C14H22N2O2/c1-10-5-6-16(14(10)9-17)13-7-12(18-2)4-3-11(13)8-15/h3-4,7,10,14,17H,5-6,8-9,15H2,1-2H3. The van der Waals surface area contributed by atoms with Crippen LogP contribution in [0, 0.1) is 5.92 Å². The molecule has 1 heterocycles. The van der Waals surface area contributed by atoms with Crippen LogP contribution in [0.25, 0.3) is 0 Å². The summed E-state index contributed by atoms with van der Waals surface area (Å²) in [6.07, 6.45) is 1.10. The second kappa shape index (κ2) is 5.59. The number of benzene rings is 1. The Morgan fingerprint density at radius 1 is 1.50 bits per heavy atom. The lowest BCUT2D eigenvalue weighted by Gasteiger charge is -2.29. The van der Waals surface area contributed by atoms with E-state index in [4.69, 9.17) is 10.5 Å². The Bertz CT molecular complexity index is 409. The predicted octanol–water partition coefficient (Wildman–Crippen LogP) is 1.36. The van der Waals surface area contributed by atoms with Crippen molar-refractivity contribution in [2.75, 3.05) is 25.2 Å². The van der Waals surface area contributed by atoms with Crippen LogP contribution in [0.2, 0.25) is 0 Å². The minimum Gasteiger partial charge on any atom is -0.497 e. The maximum Gasteiger partial charge on any atom is 0.120 e. The average Bonchev–Trinajstić information content (AvgIpc) is 2.78. The Hall–Kier alpha value is -1.26. The monoisotopic (exact) mass is 250 g/mol. The van der Waals surface area contributed by atoms with Crippen LogP contribution < -0.4 is 15.4 Å². The first-order valence-corrected chi connectivity index (χ1v) is 6.45. The van der Waals surface area contributed by atoms with Crippen LogP contribution in [0.4, 0.5) is 5.69 Å².